The highest BCUT2D eigenvalue weighted by atomic mass is 32.2. The Kier molecular flexibility index (Phi) is 3.04. The van der Waals surface area contributed by atoms with Crippen molar-refractivity contribution in [2.24, 2.45) is 0 Å². The van der Waals surface area contributed by atoms with Gasteiger partial charge in [0.1, 0.15) is 0 Å². The van der Waals surface area contributed by atoms with Crippen LogP contribution in [0.3, 0.4) is 0 Å². The van der Waals surface area contributed by atoms with Crippen molar-refractivity contribution in [3.8, 4) is 0 Å². The number of nitro benzene ring substituents is 1. The molecule has 0 saturated carbocycles. The molecule has 0 radical (unpaired) electrons. The Morgan fingerprint density at radius 2 is 2.07 bits per heavy atom. The second-order valence-corrected chi connectivity index (χ2v) is 5.25. The van der Waals surface area contributed by atoms with Crippen molar-refractivity contribution in [2.45, 2.75) is 5.75 Å². The molecule has 0 heterocycles. The van der Waals surface area contributed by atoms with Crippen LogP contribution in [0.25, 0.3) is 0 Å². The lowest BCUT2D eigenvalue weighted by Crippen LogP contribution is -2.02. The quantitative estimate of drug-likeness (QED) is 0.582. The maximum Gasteiger partial charge on any atom is 0.304 e. The molecule has 0 unspecified atom stereocenters. The number of nitro groups is 1. The molecule has 0 bridgehead atoms. The summed E-state index contributed by atoms with van der Waals surface area (Å²) in [6, 6.07) is 3.04. The van der Waals surface area contributed by atoms with Crippen LogP contribution in [0.1, 0.15) is 5.56 Å². The maximum atomic E-state index is 13.0. The van der Waals surface area contributed by atoms with Crippen LogP contribution < -0.4 is 0 Å². The largest absolute Gasteiger partial charge is 0.304 e. The lowest BCUT2D eigenvalue weighted by molar-refractivity contribution is -0.387. The van der Waals surface area contributed by atoms with Crippen LogP contribution in [0.4, 0.5) is 10.1 Å². The van der Waals surface area contributed by atoms with Crippen molar-refractivity contribution in [3.05, 3.63) is 39.7 Å². The maximum absolute atomic E-state index is 13.0. The summed E-state index contributed by atoms with van der Waals surface area (Å²) in [5, 5.41) is 10.3. The zero-order valence-corrected chi connectivity index (χ0v) is 8.62. The van der Waals surface area contributed by atoms with E-state index in [1.165, 1.54) is 6.07 Å². The number of rotatable bonds is 3. The van der Waals surface area contributed by atoms with Crippen molar-refractivity contribution in [1.82, 2.24) is 0 Å². The van der Waals surface area contributed by atoms with Crippen molar-refractivity contribution in [3.63, 3.8) is 0 Å². The van der Waals surface area contributed by atoms with Crippen LogP contribution in [0.2, 0.25) is 0 Å². The molecule has 0 atom stereocenters. The predicted molar refractivity (Wildman–Crippen MR) is 51.6 cm³/mol. The smallest absolute Gasteiger partial charge is 0.258 e. The minimum absolute atomic E-state index is 0.195. The first-order valence-corrected chi connectivity index (χ1v) is 5.96. The molecule has 0 spiro atoms. The predicted octanol–water partition coefficient (Wildman–Crippen LogP) is 1.28. The summed E-state index contributed by atoms with van der Waals surface area (Å²) in [5.41, 5.74) is -0.465. The lowest BCUT2D eigenvalue weighted by Gasteiger charge is -1.99. The Morgan fingerprint density at radius 3 is 2.47 bits per heavy atom. The fourth-order valence-corrected chi connectivity index (χ4v) is 1.88. The van der Waals surface area contributed by atoms with Crippen molar-refractivity contribution < 1.29 is 17.7 Å². The van der Waals surface area contributed by atoms with E-state index in [-0.39, 0.29) is 11.3 Å². The minimum Gasteiger partial charge on any atom is -0.258 e. The Morgan fingerprint density at radius 1 is 1.47 bits per heavy atom. The summed E-state index contributed by atoms with van der Waals surface area (Å²) in [4.78, 5) is 9.40. The van der Waals surface area contributed by atoms with E-state index in [1.807, 2.05) is 0 Å². The van der Waals surface area contributed by atoms with Gasteiger partial charge in [-0.05, 0) is 11.6 Å². The van der Waals surface area contributed by atoms with Crippen LogP contribution >= 0.6 is 0 Å². The number of hydrogen-bond acceptors (Lipinski definition) is 4. The molecular weight excluding hydrogens is 225 g/mol. The highest BCUT2D eigenvalue weighted by Gasteiger charge is 2.15. The highest BCUT2D eigenvalue weighted by molar-refractivity contribution is 7.89. The third-order valence-electron chi connectivity index (χ3n) is 1.64. The van der Waals surface area contributed by atoms with Gasteiger partial charge in [-0.2, -0.15) is 4.39 Å². The Labute approximate surface area is 85.6 Å². The first kappa shape index (κ1) is 11.6. The van der Waals surface area contributed by atoms with E-state index in [0.29, 0.717) is 0 Å². The van der Waals surface area contributed by atoms with Gasteiger partial charge in [0.05, 0.1) is 10.7 Å². The number of benzene rings is 1. The van der Waals surface area contributed by atoms with Crippen molar-refractivity contribution in [1.29, 1.82) is 0 Å². The first-order valence-electron chi connectivity index (χ1n) is 3.90. The molecule has 0 fully saturated rings. The van der Waals surface area contributed by atoms with Gasteiger partial charge in [0.2, 0.25) is 5.82 Å². The number of hydrogen-bond donors (Lipinski definition) is 0. The normalized spacial score (nSPS) is 11.3. The van der Waals surface area contributed by atoms with Gasteiger partial charge in [-0.15, -0.1) is 0 Å². The number of halogens is 1. The monoisotopic (exact) mass is 233 g/mol. The second kappa shape index (κ2) is 3.93. The molecule has 82 valence electrons. The van der Waals surface area contributed by atoms with Crippen LogP contribution in [0.15, 0.2) is 18.2 Å². The number of nitrogens with zero attached hydrogens (tertiary/aromatic N) is 1. The topological polar surface area (TPSA) is 77.3 Å². The van der Waals surface area contributed by atoms with E-state index in [9.17, 15) is 22.9 Å². The standard InChI is InChI=1S/C8H8FNO4S/c1-15(13,14)5-6-2-3-8(10(11)12)7(9)4-6/h2-4H,5H2,1H3. The minimum atomic E-state index is -3.26. The number of sulfone groups is 1. The van der Waals surface area contributed by atoms with E-state index < -0.39 is 26.3 Å². The van der Waals surface area contributed by atoms with Crippen molar-refractivity contribution >= 4 is 15.5 Å². The molecule has 15 heavy (non-hydrogen) atoms. The van der Waals surface area contributed by atoms with Gasteiger partial charge in [0.15, 0.2) is 9.84 Å². The van der Waals surface area contributed by atoms with Crippen LogP contribution in [-0.2, 0) is 15.6 Å². The fourth-order valence-electron chi connectivity index (χ4n) is 1.09. The Bertz CT molecular complexity index is 497. The summed E-state index contributed by atoms with van der Waals surface area (Å²) >= 11 is 0. The first-order chi connectivity index (χ1) is 6.79. The molecule has 0 saturated heterocycles. The van der Waals surface area contributed by atoms with Gasteiger partial charge in [-0.25, -0.2) is 8.42 Å². The molecule has 0 N–H and O–H groups in total. The van der Waals surface area contributed by atoms with Gasteiger partial charge in [0.25, 0.3) is 0 Å². The summed E-state index contributed by atoms with van der Waals surface area (Å²) < 4.78 is 34.8. The Balaban J connectivity index is 3.07. The molecule has 7 heteroatoms. The van der Waals surface area contributed by atoms with Gasteiger partial charge < -0.3 is 0 Å². The fraction of sp³-hybridized carbons (Fsp3) is 0.250. The Hall–Kier alpha value is -1.50. The second-order valence-electron chi connectivity index (χ2n) is 3.11. The molecule has 1 aromatic carbocycles. The molecule has 0 amide bonds. The average molecular weight is 233 g/mol. The van der Waals surface area contributed by atoms with Crippen LogP contribution in [-0.4, -0.2) is 19.6 Å². The summed E-state index contributed by atoms with van der Waals surface area (Å²) in [7, 11) is -3.26. The molecule has 5 nitrogen and oxygen atoms in total. The molecule has 1 aromatic rings. The zero-order chi connectivity index (χ0) is 11.6. The van der Waals surface area contributed by atoms with Crippen LogP contribution in [0, 0.1) is 15.9 Å². The van der Waals surface area contributed by atoms with Gasteiger partial charge in [-0.1, -0.05) is 6.07 Å². The summed E-state index contributed by atoms with van der Waals surface area (Å²) in [5.74, 6) is -1.36. The third-order valence-corrected chi connectivity index (χ3v) is 2.50. The van der Waals surface area contributed by atoms with Crippen molar-refractivity contribution in [2.75, 3.05) is 6.26 Å². The van der Waals surface area contributed by atoms with Gasteiger partial charge in [-0.3, -0.25) is 10.1 Å². The molecule has 0 aliphatic rings. The molecule has 1 rings (SSSR count). The lowest BCUT2D eigenvalue weighted by atomic mass is 10.2. The van der Waals surface area contributed by atoms with E-state index in [1.54, 1.807) is 0 Å². The molecule has 0 aliphatic heterocycles. The van der Waals surface area contributed by atoms with E-state index in [4.69, 9.17) is 0 Å². The van der Waals surface area contributed by atoms with E-state index in [2.05, 4.69) is 0 Å². The highest BCUT2D eigenvalue weighted by Crippen LogP contribution is 2.18. The zero-order valence-electron chi connectivity index (χ0n) is 7.81. The summed E-state index contributed by atoms with van der Waals surface area (Å²) in [6.45, 7) is 0. The molecule has 0 aliphatic carbocycles. The SMILES string of the molecule is CS(=O)(=O)Cc1ccc([N+](=O)[O-])c(F)c1. The summed E-state index contributed by atoms with van der Waals surface area (Å²) in [6.07, 6.45) is 1.01. The third kappa shape index (κ3) is 3.28. The van der Waals surface area contributed by atoms with Gasteiger partial charge in [0, 0.05) is 12.3 Å². The molecular formula is C8H8FNO4S. The van der Waals surface area contributed by atoms with Gasteiger partial charge >= 0.3 is 5.69 Å². The van der Waals surface area contributed by atoms with Crippen LogP contribution in [0.5, 0.6) is 0 Å². The average Bonchev–Trinajstić information content (AvgIpc) is 1.99. The van der Waals surface area contributed by atoms with E-state index in [0.717, 1.165) is 18.4 Å². The van der Waals surface area contributed by atoms with E-state index >= 15 is 0 Å². The molecule has 0 aromatic heterocycles.